The SMILES string of the molecule is C[C@H](CN(C)C(=O)CCn1cnnn1)N1CCOCC1. The van der Waals surface area contributed by atoms with E-state index in [2.05, 4.69) is 27.3 Å². The number of aromatic nitrogens is 4. The van der Waals surface area contributed by atoms with Gasteiger partial charge in [-0.2, -0.15) is 0 Å². The Morgan fingerprint density at radius 2 is 2.20 bits per heavy atom. The Kier molecular flexibility index (Phi) is 5.42. The molecule has 2 heterocycles. The molecule has 0 N–H and O–H groups in total. The quantitative estimate of drug-likeness (QED) is 0.683. The van der Waals surface area contributed by atoms with E-state index in [-0.39, 0.29) is 5.91 Å². The average molecular weight is 282 g/mol. The van der Waals surface area contributed by atoms with Crippen LogP contribution in [0.4, 0.5) is 0 Å². The van der Waals surface area contributed by atoms with Crippen LogP contribution in [0.5, 0.6) is 0 Å². The standard InChI is InChI=1S/C12H22N6O2/c1-11(17-5-7-20-8-6-17)9-16(2)12(19)3-4-18-10-13-14-15-18/h10-11H,3-9H2,1-2H3/t11-/m1/s1. The molecule has 0 bridgehead atoms. The van der Waals surface area contributed by atoms with Gasteiger partial charge in [0.15, 0.2) is 0 Å². The van der Waals surface area contributed by atoms with E-state index in [1.54, 1.807) is 9.58 Å². The third kappa shape index (κ3) is 4.24. The summed E-state index contributed by atoms with van der Waals surface area (Å²) in [7, 11) is 1.85. The molecule has 1 aromatic rings. The first-order chi connectivity index (χ1) is 9.66. The number of tetrazole rings is 1. The monoisotopic (exact) mass is 282 g/mol. The largest absolute Gasteiger partial charge is 0.379 e. The molecule has 1 saturated heterocycles. The molecule has 8 nitrogen and oxygen atoms in total. The average Bonchev–Trinajstić information content (AvgIpc) is 2.98. The van der Waals surface area contributed by atoms with Crippen LogP contribution in [0, 0.1) is 0 Å². The van der Waals surface area contributed by atoms with Crippen molar-refractivity contribution in [3.05, 3.63) is 6.33 Å². The molecule has 1 aromatic heterocycles. The van der Waals surface area contributed by atoms with Crippen LogP contribution in [-0.2, 0) is 16.1 Å². The third-order valence-electron chi connectivity index (χ3n) is 3.58. The van der Waals surface area contributed by atoms with Gasteiger partial charge in [-0.05, 0) is 17.4 Å². The fourth-order valence-electron chi connectivity index (χ4n) is 2.32. The number of aryl methyl sites for hydroxylation is 1. The van der Waals surface area contributed by atoms with E-state index in [1.165, 1.54) is 6.33 Å². The first kappa shape index (κ1) is 14.9. The van der Waals surface area contributed by atoms with Crippen LogP contribution in [0.3, 0.4) is 0 Å². The Balaban J connectivity index is 1.72. The molecule has 0 saturated carbocycles. The number of carbonyl (C=O) groups is 1. The lowest BCUT2D eigenvalue weighted by Crippen LogP contribution is -2.47. The van der Waals surface area contributed by atoms with Gasteiger partial charge in [0.2, 0.25) is 5.91 Å². The molecule has 1 aliphatic rings. The summed E-state index contributed by atoms with van der Waals surface area (Å²) >= 11 is 0. The summed E-state index contributed by atoms with van der Waals surface area (Å²) in [5, 5.41) is 10.8. The molecule has 0 aliphatic carbocycles. The van der Waals surface area contributed by atoms with Crippen molar-refractivity contribution in [3.8, 4) is 0 Å². The van der Waals surface area contributed by atoms with E-state index in [4.69, 9.17) is 4.74 Å². The zero-order chi connectivity index (χ0) is 14.4. The van der Waals surface area contributed by atoms with Crippen molar-refractivity contribution in [2.45, 2.75) is 25.9 Å². The lowest BCUT2D eigenvalue weighted by Gasteiger charge is -2.34. The molecule has 0 spiro atoms. The minimum Gasteiger partial charge on any atom is -0.379 e. The second kappa shape index (κ2) is 7.30. The molecule has 1 amide bonds. The summed E-state index contributed by atoms with van der Waals surface area (Å²) in [6.45, 7) is 6.83. The maximum Gasteiger partial charge on any atom is 0.224 e. The summed E-state index contributed by atoms with van der Waals surface area (Å²) < 4.78 is 6.91. The van der Waals surface area contributed by atoms with Crippen LogP contribution in [0.25, 0.3) is 0 Å². The van der Waals surface area contributed by atoms with Crippen molar-refractivity contribution in [1.29, 1.82) is 0 Å². The Bertz CT molecular complexity index is 404. The number of hydrogen-bond acceptors (Lipinski definition) is 6. The number of amides is 1. The van der Waals surface area contributed by atoms with Gasteiger partial charge in [0.1, 0.15) is 6.33 Å². The van der Waals surface area contributed by atoms with Gasteiger partial charge >= 0.3 is 0 Å². The van der Waals surface area contributed by atoms with Gasteiger partial charge in [-0.3, -0.25) is 9.69 Å². The van der Waals surface area contributed by atoms with E-state index in [0.29, 0.717) is 19.0 Å². The fraction of sp³-hybridized carbons (Fsp3) is 0.833. The number of carbonyl (C=O) groups excluding carboxylic acids is 1. The smallest absolute Gasteiger partial charge is 0.224 e. The summed E-state index contributed by atoms with van der Waals surface area (Å²) in [4.78, 5) is 16.2. The first-order valence-electron chi connectivity index (χ1n) is 6.93. The third-order valence-corrected chi connectivity index (χ3v) is 3.58. The molecule has 1 aliphatic heterocycles. The van der Waals surface area contributed by atoms with Gasteiger partial charge in [-0.15, -0.1) is 5.10 Å². The molecular formula is C12H22N6O2. The zero-order valence-electron chi connectivity index (χ0n) is 12.1. The van der Waals surface area contributed by atoms with Crippen molar-refractivity contribution >= 4 is 5.91 Å². The van der Waals surface area contributed by atoms with Gasteiger partial charge in [0.05, 0.1) is 19.8 Å². The minimum atomic E-state index is 0.112. The van der Waals surface area contributed by atoms with Crippen LogP contribution in [0.1, 0.15) is 13.3 Å². The van der Waals surface area contributed by atoms with Crippen molar-refractivity contribution in [2.75, 3.05) is 39.9 Å². The molecule has 2 rings (SSSR count). The van der Waals surface area contributed by atoms with Gasteiger partial charge in [-0.1, -0.05) is 0 Å². The number of rotatable bonds is 6. The summed E-state index contributed by atoms with van der Waals surface area (Å²) in [6.07, 6.45) is 1.93. The minimum absolute atomic E-state index is 0.112. The molecule has 1 atom stereocenters. The second-order valence-corrected chi connectivity index (χ2v) is 5.09. The predicted molar refractivity (Wildman–Crippen MR) is 71.9 cm³/mol. The van der Waals surface area contributed by atoms with Crippen molar-refractivity contribution in [3.63, 3.8) is 0 Å². The highest BCUT2D eigenvalue weighted by atomic mass is 16.5. The van der Waals surface area contributed by atoms with Crippen LogP contribution in [0.15, 0.2) is 6.33 Å². The Morgan fingerprint density at radius 3 is 2.85 bits per heavy atom. The normalized spacial score (nSPS) is 17.9. The number of likely N-dealkylation sites (N-methyl/N-ethyl adjacent to an activating group) is 1. The maximum atomic E-state index is 12.1. The van der Waals surface area contributed by atoms with Crippen molar-refractivity contribution in [2.24, 2.45) is 0 Å². The summed E-state index contributed by atoms with van der Waals surface area (Å²) in [5.41, 5.74) is 0. The van der Waals surface area contributed by atoms with E-state index < -0.39 is 0 Å². The van der Waals surface area contributed by atoms with Gasteiger partial charge in [0.25, 0.3) is 0 Å². The lowest BCUT2D eigenvalue weighted by molar-refractivity contribution is -0.131. The molecule has 0 radical (unpaired) electrons. The Labute approximate surface area is 118 Å². The van der Waals surface area contributed by atoms with E-state index in [9.17, 15) is 4.79 Å². The molecule has 0 aromatic carbocycles. The van der Waals surface area contributed by atoms with Gasteiger partial charge in [0, 0.05) is 39.1 Å². The highest BCUT2D eigenvalue weighted by Crippen LogP contribution is 2.06. The molecule has 1 fully saturated rings. The first-order valence-corrected chi connectivity index (χ1v) is 6.93. The van der Waals surface area contributed by atoms with Gasteiger partial charge in [-0.25, -0.2) is 4.68 Å². The van der Waals surface area contributed by atoms with Crippen molar-refractivity contribution in [1.82, 2.24) is 30.0 Å². The zero-order valence-corrected chi connectivity index (χ0v) is 12.1. The highest BCUT2D eigenvalue weighted by Gasteiger charge is 2.20. The van der Waals surface area contributed by atoms with Gasteiger partial charge < -0.3 is 9.64 Å². The molecule has 20 heavy (non-hydrogen) atoms. The second-order valence-electron chi connectivity index (χ2n) is 5.09. The summed E-state index contributed by atoms with van der Waals surface area (Å²) in [6, 6.07) is 0.348. The molecule has 112 valence electrons. The molecule has 0 unspecified atom stereocenters. The maximum absolute atomic E-state index is 12.1. The summed E-state index contributed by atoms with van der Waals surface area (Å²) in [5.74, 6) is 0.112. The van der Waals surface area contributed by atoms with Crippen LogP contribution in [0.2, 0.25) is 0 Å². The number of morpholine rings is 1. The van der Waals surface area contributed by atoms with E-state index in [1.807, 2.05) is 7.05 Å². The fourth-order valence-corrected chi connectivity index (χ4v) is 2.32. The Morgan fingerprint density at radius 1 is 1.45 bits per heavy atom. The van der Waals surface area contributed by atoms with Crippen LogP contribution >= 0.6 is 0 Å². The van der Waals surface area contributed by atoms with Crippen LogP contribution in [-0.4, -0.2) is 81.9 Å². The molecular weight excluding hydrogens is 260 g/mol. The van der Waals surface area contributed by atoms with E-state index >= 15 is 0 Å². The topological polar surface area (TPSA) is 76.4 Å². The number of nitrogens with zero attached hydrogens (tertiary/aromatic N) is 6. The number of ether oxygens (including phenoxy) is 1. The van der Waals surface area contributed by atoms with E-state index in [0.717, 1.165) is 32.8 Å². The number of hydrogen-bond donors (Lipinski definition) is 0. The highest BCUT2D eigenvalue weighted by molar-refractivity contribution is 5.75. The van der Waals surface area contributed by atoms with Crippen molar-refractivity contribution < 1.29 is 9.53 Å². The van der Waals surface area contributed by atoms with Crippen LogP contribution < -0.4 is 0 Å². The predicted octanol–water partition coefficient (Wildman–Crippen LogP) is -0.758. The molecule has 8 heteroatoms. The lowest BCUT2D eigenvalue weighted by atomic mass is 10.2. The Hall–Kier alpha value is -1.54.